The SMILES string of the molecule is O=C(C=Cc1ccccc1)NCC1=CCCN(C2C=CCCC2)C1. The van der Waals surface area contributed by atoms with E-state index in [9.17, 15) is 4.79 Å². The van der Waals surface area contributed by atoms with Crippen LogP contribution in [-0.2, 0) is 4.79 Å². The Morgan fingerprint density at radius 3 is 2.92 bits per heavy atom. The first-order valence-corrected chi connectivity index (χ1v) is 8.91. The van der Waals surface area contributed by atoms with Crippen LogP contribution in [0.15, 0.2) is 60.2 Å². The van der Waals surface area contributed by atoms with Gasteiger partial charge in [0.25, 0.3) is 0 Å². The van der Waals surface area contributed by atoms with Gasteiger partial charge in [-0.3, -0.25) is 9.69 Å². The smallest absolute Gasteiger partial charge is 0.244 e. The van der Waals surface area contributed by atoms with Gasteiger partial charge in [0.05, 0.1) is 0 Å². The number of carbonyl (C=O) groups is 1. The third-order valence-electron chi connectivity index (χ3n) is 4.67. The molecule has 126 valence electrons. The van der Waals surface area contributed by atoms with Crippen molar-refractivity contribution in [2.24, 2.45) is 0 Å². The van der Waals surface area contributed by atoms with E-state index in [0.717, 1.165) is 25.1 Å². The number of nitrogens with zero attached hydrogens (tertiary/aromatic N) is 1. The van der Waals surface area contributed by atoms with Crippen LogP contribution in [0, 0.1) is 0 Å². The van der Waals surface area contributed by atoms with Gasteiger partial charge in [0.1, 0.15) is 0 Å². The quantitative estimate of drug-likeness (QED) is 0.664. The van der Waals surface area contributed by atoms with Gasteiger partial charge < -0.3 is 5.32 Å². The second kappa shape index (κ2) is 8.65. The molecule has 1 aromatic rings. The van der Waals surface area contributed by atoms with Gasteiger partial charge in [0.15, 0.2) is 0 Å². The molecule has 1 amide bonds. The topological polar surface area (TPSA) is 32.3 Å². The number of hydrogen-bond acceptors (Lipinski definition) is 2. The monoisotopic (exact) mass is 322 g/mol. The maximum atomic E-state index is 12.0. The predicted molar refractivity (Wildman–Crippen MR) is 99.5 cm³/mol. The minimum atomic E-state index is -0.0329. The van der Waals surface area contributed by atoms with E-state index >= 15 is 0 Å². The largest absolute Gasteiger partial charge is 0.349 e. The van der Waals surface area contributed by atoms with Crippen LogP contribution in [0.2, 0.25) is 0 Å². The first-order chi connectivity index (χ1) is 11.8. The number of hydrogen-bond donors (Lipinski definition) is 1. The van der Waals surface area contributed by atoms with Gasteiger partial charge in [-0.25, -0.2) is 0 Å². The highest BCUT2D eigenvalue weighted by Gasteiger charge is 2.20. The summed E-state index contributed by atoms with van der Waals surface area (Å²) in [5.74, 6) is -0.0329. The predicted octanol–water partition coefficient (Wildman–Crippen LogP) is 3.56. The van der Waals surface area contributed by atoms with Gasteiger partial charge >= 0.3 is 0 Å². The molecular formula is C21H26N2O. The molecule has 1 atom stereocenters. The summed E-state index contributed by atoms with van der Waals surface area (Å²) in [4.78, 5) is 14.5. The summed E-state index contributed by atoms with van der Waals surface area (Å²) < 4.78 is 0. The van der Waals surface area contributed by atoms with E-state index in [1.54, 1.807) is 6.08 Å². The van der Waals surface area contributed by atoms with Crippen molar-refractivity contribution in [2.75, 3.05) is 19.6 Å². The first-order valence-electron chi connectivity index (χ1n) is 8.91. The van der Waals surface area contributed by atoms with Crippen LogP contribution in [0.3, 0.4) is 0 Å². The summed E-state index contributed by atoms with van der Waals surface area (Å²) >= 11 is 0. The molecule has 3 nitrogen and oxygen atoms in total. The number of carbonyl (C=O) groups excluding carboxylic acids is 1. The fourth-order valence-corrected chi connectivity index (χ4v) is 3.34. The molecule has 0 fully saturated rings. The lowest BCUT2D eigenvalue weighted by Gasteiger charge is -2.34. The van der Waals surface area contributed by atoms with Crippen molar-refractivity contribution < 1.29 is 4.79 Å². The summed E-state index contributed by atoms with van der Waals surface area (Å²) in [6.07, 6.45) is 15.3. The van der Waals surface area contributed by atoms with E-state index in [2.05, 4.69) is 28.4 Å². The number of amides is 1. The molecule has 1 aromatic carbocycles. The van der Waals surface area contributed by atoms with E-state index in [1.807, 2.05) is 36.4 Å². The zero-order chi connectivity index (χ0) is 16.6. The van der Waals surface area contributed by atoms with Crippen LogP contribution >= 0.6 is 0 Å². The second-order valence-corrected chi connectivity index (χ2v) is 6.51. The van der Waals surface area contributed by atoms with Gasteiger partial charge in [-0.1, -0.05) is 48.6 Å². The third kappa shape index (κ3) is 4.93. The Morgan fingerprint density at radius 2 is 2.12 bits per heavy atom. The maximum absolute atomic E-state index is 12.0. The maximum Gasteiger partial charge on any atom is 0.244 e. The zero-order valence-electron chi connectivity index (χ0n) is 14.2. The molecule has 0 aromatic heterocycles. The fraction of sp³-hybridized carbons (Fsp3) is 0.381. The van der Waals surface area contributed by atoms with Crippen LogP contribution in [0.25, 0.3) is 6.08 Å². The summed E-state index contributed by atoms with van der Waals surface area (Å²) in [6.45, 7) is 2.74. The zero-order valence-corrected chi connectivity index (χ0v) is 14.2. The van der Waals surface area contributed by atoms with Crippen molar-refractivity contribution in [1.29, 1.82) is 0 Å². The molecule has 0 bridgehead atoms. The van der Waals surface area contributed by atoms with E-state index in [0.29, 0.717) is 12.6 Å². The van der Waals surface area contributed by atoms with Crippen molar-refractivity contribution in [1.82, 2.24) is 10.2 Å². The van der Waals surface area contributed by atoms with Crippen molar-refractivity contribution in [3.05, 3.63) is 65.8 Å². The van der Waals surface area contributed by atoms with Gasteiger partial charge in [-0.05, 0) is 42.9 Å². The number of rotatable bonds is 5. The highest BCUT2D eigenvalue weighted by atomic mass is 16.1. The van der Waals surface area contributed by atoms with Crippen LogP contribution < -0.4 is 5.32 Å². The normalized spacial score (nSPS) is 21.7. The molecule has 1 N–H and O–H groups in total. The highest BCUT2D eigenvalue weighted by Crippen LogP contribution is 2.20. The second-order valence-electron chi connectivity index (χ2n) is 6.51. The molecule has 1 heterocycles. The van der Waals surface area contributed by atoms with Crippen molar-refractivity contribution >= 4 is 12.0 Å². The molecule has 0 saturated heterocycles. The molecule has 0 saturated carbocycles. The molecule has 0 spiro atoms. The van der Waals surface area contributed by atoms with Crippen molar-refractivity contribution in [3.8, 4) is 0 Å². The van der Waals surface area contributed by atoms with E-state index in [4.69, 9.17) is 0 Å². The molecule has 3 rings (SSSR count). The minimum absolute atomic E-state index is 0.0329. The van der Waals surface area contributed by atoms with Gasteiger partial charge in [-0.15, -0.1) is 0 Å². The summed E-state index contributed by atoms with van der Waals surface area (Å²) in [6, 6.07) is 10.5. The van der Waals surface area contributed by atoms with Crippen LogP contribution in [0.1, 0.15) is 31.2 Å². The van der Waals surface area contributed by atoms with Crippen molar-refractivity contribution in [3.63, 3.8) is 0 Å². The Morgan fingerprint density at radius 1 is 1.25 bits per heavy atom. The molecule has 0 radical (unpaired) electrons. The summed E-state index contributed by atoms with van der Waals surface area (Å²) in [7, 11) is 0. The molecular weight excluding hydrogens is 296 g/mol. The molecule has 3 heteroatoms. The molecule has 24 heavy (non-hydrogen) atoms. The lowest BCUT2D eigenvalue weighted by molar-refractivity contribution is -0.116. The van der Waals surface area contributed by atoms with Crippen molar-refractivity contribution in [2.45, 2.75) is 31.7 Å². The average Bonchev–Trinajstić information content (AvgIpc) is 2.66. The lowest BCUT2D eigenvalue weighted by Crippen LogP contribution is -2.40. The first kappa shape index (κ1) is 16.7. The van der Waals surface area contributed by atoms with Gasteiger partial charge in [0.2, 0.25) is 5.91 Å². The molecule has 1 aliphatic heterocycles. The highest BCUT2D eigenvalue weighted by molar-refractivity contribution is 5.91. The summed E-state index contributed by atoms with van der Waals surface area (Å²) in [5, 5.41) is 3.01. The summed E-state index contributed by atoms with van der Waals surface area (Å²) in [5.41, 5.74) is 2.36. The van der Waals surface area contributed by atoms with E-state index < -0.39 is 0 Å². The van der Waals surface area contributed by atoms with E-state index in [-0.39, 0.29) is 5.91 Å². The molecule has 1 unspecified atom stereocenters. The average molecular weight is 322 g/mol. The van der Waals surface area contributed by atoms with Crippen LogP contribution in [0.5, 0.6) is 0 Å². The molecule has 2 aliphatic rings. The van der Waals surface area contributed by atoms with Crippen LogP contribution in [-0.4, -0.2) is 36.5 Å². The molecule has 1 aliphatic carbocycles. The number of allylic oxidation sites excluding steroid dienone is 1. The fourth-order valence-electron chi connectivity index (χ4n) is 3.34. The standard InChI is InChI=1S/C21H26N2O/c24-21(14-13-18-8-3-1-4-9-18)22-16-19-10-7-15-23(17-19)20-11-5-2-6-12-20/h1,3-5,8-11,13-14,20H,2,6-7,12,15-17H2,(H,22,24). The Balaban J connectivity index is 1.46. The number of nitrogens with one attached hydrogen (secondary N) is 1. The Kier molecular flexibility index (Phi) is 6.02. The minimum Gasteiger partial charge on any atom is -0.349 e. The Bertz CT molecular complexity index is 630. The Hall–Kier alpha value is -2.13. The Labute approximate surface area is 144 Å². The van der Waals surface area contributed by atoms with Gasteiger partial charge in [-0.2, -0.15) is 0 Å². The van der Waals surface area contributed by atoms with E-state index in [1.165, 1.54) is 24.8 Å². The van der Waals surface area contributed by atoms with Gasteiger partial charge in [0, 0.05) is 31.8 Å². The third-order valence-corrected chi connectivity index (χ3v) is 4.67. The number of benzene rings is 1. The lowest BCUT2D eigenvalue weighted by atomic mass is 9.99. The van der Waals surface area contributed by atoms with Crippen LogP contribution in [0.4, 0.5) is 0 Å².